The maximum Gasteiger partial charge on any atom is 0.0794 e. The molecule has 9 aromatic rings. The first-order chi connectivity index (χ1) is 22.8. The molecule has 7 aromatic carbocycles. The van der Waals surface area contributed by atoms with Gasteiger partial charge in [0.2, 0.25) is 0 Å². The molecule has 9 rings (SSSR count). The molecule has 0 fully saturated rings. The van der Waals surface area contributed by atoms with Crippen LogP contribution >= 0.6 is 0 Å². The number of para-hydroxylation sites is 2. The summed E-state index contributed by atoms with van der Waals surface area (Å²) in [6, 6.07) is 60.3. The number of hydrogen-bond donors (Lipinski definition) is 0. The molecule has 2 heteroatoms. The van der Waals surface area contributed by atoms with Gasteiger partial charge in [-0.3, -0.25) is 0 Å². The molecular formula is C44H28N2. The molecule has 0 aliphatic carbocycles. The van der Waals surface area contributed by atoms with E-state index >= 15 is 0 Å². The Kier molecular flexibility index (Phi) is 6.17. The molecule has 0 saturated heterocycles. The number of pyridine rings is 2. The summed E-state index contributed by atoms with van der Waals surface area (Å²) in [6.45, 7) is 0. The van der Waals surface area contributed by atoms with Crippen molar-refractivity contribution < 1.29 is 0 Å². The fourth-order valence-electron chi connectivity index (χ4n) is 6.87. The highest BCUT2D eigenvalue weighted by atomic mass is 14.7. The molecule has 0 saturated carbocycles. The van der Waals surface area contributed by atoms with Gasteiger partial charge in [-0.2, -0.15) is 0 Å². The lowest BCUT2D eigenvalue weighted by Crippen LogP contribution is -1.93. The van der Waals surface area contributed by atoms with E-state index in [-0.39, 0.29) is 0 Å². The lowest BCUT2D eigenvalue weighted by atomic mass is 9.90. The molecule has 0 bridgehead atoms. The van der Waals surface area contributed by atoms with E-state index in [9.17, 15) is 0 Å². The minimum absolute atomic E-state index is 0.978. The van der Waals surface area contributed by atoms with Crippen LogP contribution in [0.1, 0.15) is 0 Å². The van der Waals surface area contributed by atoms with Gasteiger partial charge >= 0.3 is 0 Å². The zero-order valence-electron chi connectivity index (χ0n) is 25.1. The number of aromatic nitrogens is 2. The Morgan fingerprint density at radius 1 is 0.304 bits per heavy atom. The van der Waals surface area contributed by atoms with E-state index in [4.69, 9.17) is 9.97 Å². The van der Waals surface area contributed by atoms with Crippen molar-refractivity contribution in [1.29, 1.82) is 0 Å². The lowest BCUT2D eigenvalue weighted by Gasteiger charge is -2.16. The second kappa shape index (κ2) is 10.8. The van der Waals surface area contributed by atoms with Crippen molar-refractivity contribution in [2.45, 2.75) is 0 Å². The predicted octanol–water partition coefficient (Wildman–Crippen LogP) is 11.8. The summed E-state index contributed by atoms with van der Waals surface area (Å²) in [6.07, 6.45) is 0. The van der Waals surface area contributed by atoms with E-state index in [1.54, 1.807) is 0 Å². The first-order valence-electron chi connectivity index (χ1n) is 15.7. The Bertz CT molecular complexity index is 2500. The Morgan fingerprint density at radius 3 is 1.43 bits per heavy atom. The molecule has 214 valence electrons. The van der Waals surface area contributed by atoms with Crippen LogP contribution in [0.5, 0.6) is 0 Å². The van der Waals surface area contributed by atoms with Crippen LogP contribution in [0, 0.1) is 0 Å². The van der Waals surface area contributed by atoms with Gasteiger partial charge < -0.3 is 0 Å². The number of rotatable bonds is 4. The summed E-state index contributed by atoms with van der Waals surface area (Å²) in [7, 11) is 0. The number of benzene rings is 7. The van der Waals surface area contributed by atoms with E-state index in [2.05, 4.69) is 170 Å². The van der Waals surface area contributed by atoms with Crippen molar-refractivity contribution in [3.8, 4) is 44.6 Å². The monoisotopic (exact) mass is 584 g/mol. The van der Waals surface area contributed by atoms with Crippen LogP contribution in [-0.2, 0) is 0 Å². The van der Waals surface area contributed by atoms with E-state index in [1.807, 2.05) is 0 Å². The fraction of sp³-hybridized carbons (Fsp3) is 0. The minimum Gasteiger partial charge on any atom is -0.248 e. The SMILES string of the molecule is c1ccc(-c2cc(-c3ccccc3)c3cc(-c4ccc(-c5c6ccccc6nc6ccccc56)cc4)c4ccccc4c3n2)cc1. The van der Waals surface area contributed by atoms with Crippen molar-refractivity contribution in [2.75, 3.05) is 0 Å². The van der Waals surface area contributed by atoms with Crippen molar-refractivity contribution in [2.24, 2.45) is 0 Å². The van der Waals surface area contributed by atoms with Gasteiger partial charge in [0.05, 0.1) is 22.2 Å². The highest BCUT2D eigenvalue weighted by Gasteiger charge is 2.17. The first kappa shape index (κ1) is 26.3. The molecule has 2 aromatic heterocycles. The van der Waals surface area contributed by atoms with Gasteiger partial charge in [-0.05, 0) is 57.5 Å². The maximum atomic E-state index is 5.30. The molecule has 46 heavy (non-hydrogen) atoms. The second-order valence-corrected chi connectivity index (χ2v) is 11.8. The van der Waals surface area contributed by atoms with Crippen LogP contribution in [0.25, 0.3) is 88.1 Å². The van der Waals surface area contributed by atoms with Crippen LogP contribution in [0.4, 0.5) is 0 Å². The molecule has 0 unspecified atom stereocenters. The van der Waals surface area contributed by atoms with Crippen molar-refractivity contribution in [3.05, 3.63) is 170 Å². The molecule has 0 spiro atoms. The van der Waals surface area contributed by atoms with Gasteiger partial charge in [-0.1, -0.05) is 146 Å². The molecular weight excluding hydrogens is 556 g/mol. The predicted molar refractivity (Wildman–Crippen MR) is 194 cm³/mol. The highest BCUT2D eigenvalue weighted by molar-refractivity contribution is 6.16. The van der Waals surface area contributed by atoms with Crippen molar-refractivity contribution in [3.63, 3.8) is 0 Å². The number of nitrogens with zero attached hydrogens (tertiary/aromatic N) is 2. The maximum absolute atomic E-state index is 5.30. The Morgan fingerprint density at radius 2 is 0.783 bits per heavy atom. The van der Waals surface area contributed by atoms with Gasteiger partial charge in [0.25, 0.3) is 0 Å². The minimum atomic E-state index is 0.978. The Hall–Kier alpha value is -6.12. The molecule has 0 atom stereocenters. The quantitative estimate of drug-likeness (QED) is 0.152. The smallest absolute Gasteiger partial charge is 0.0794 e. The van der Waals surface area contributed by atoms with Crippen LogP contribution in [-0.4, -0.2) is 9.97 Å². The molecule has 2 heterocycles. The topological polar surface area (TPSA) is 25.8 Å². The fourth-order valence-corrected chi connectivity index (χ4v) is 6.87. The summed E-state index contributed by atoms with van der Waals surface area (Å²) < 4.78 is 0. The van der Waals surface area contributed by atoms with E-state index in [0.717, 1.165) is 49.4 Å². The highest BCUT2D eigenvalue weighted by Crippen LogP contribution is 2.41. The average Bonchev–Trinajstić information content (AvgIpc) is 3.14. The standard InChI is InChI=1S/C44H28N2/c1-3-13-29(14-4-1)38-28-42(31-15-5-2-6-16-31)46-44-34-18-8-7-17-33(34)37(27-39(38)44)30-23-25-32(26-24-30)43-35-19-9-11-21-40(35)45-41-22-12-10-20-36(41)43/h1-28H. The molecule has 2 nitrogen and oxygen atoms in total. The Labute approximate surface area is 267 Å². The van der Waals surface area contributed by atoms with E-state index < -0.39 is 0 Å². The summed E-state index contributed by atoms with van der Waals surface area (Å²) in [5, 5.41) is 5.82. The van der Waals surface area contributed by atoms with Crippen molar-refractivity contribution in [1.82, 2.24) is 9.97 Å². The van der Waals surface area contributed by atoms with Crippen LogP contribution in [0.2, 0.25) is 0 Å². The van der Waals surface area contributed by atoms with Gasteiger partial charge in [0, 0.05) is 32.7 Å². The van der Waals surface area contributed by atoms with Gasteiger partial charge in [0.1, 0.15) is 0 Å². The molecule has 0 amide bonds. The van der Waals surface area contributed by atoms with Crippen molar-refractivity contribution >= 4 is 43.5 Å². The normalized spacial score (nSPS) is 11.5. The Balaban J connectivity index is 1.28. The first-order valence-corrected chi connectivity index (χ1v) is 15.7. The summed E-state index contributed by atoms with van der Waals surface area (Å²) >= 11 is 0. The van der Waals surface area contributed by atoms with E-state index in [1.165, 1.54) is 38.8 Å². The van der Waals surface area contributed by atoms with Gasteiger partial charge in [-0.25, -0.2) is 9.97 Å². The van der Waals surface area contributed by atoms with Crippen LogP contribution < -0.4 is 0 Å². The number of hydrogen-bond acceptors (Lipinski definition) is 2. The molecule has 0 radical (unpaired) electrons. The summed E-state index contributed by atoms with van der Waals surface area (Å²) in [4.78, 5) is 10.2. The zero-order valence-corrected chi connectivity index (χ0v) is 25.1. The number of fused-ring (bicyclic) bond motifs is 5. The third-order valence-electron chi connectivity index (χ3n) is 9.05. The largest absolute Gasteiger partial charge is 0.248 e. The second-order valence-electron chi connectivity index (χ2n) is 11.8. The van der Waals surface area contributed by atoms with Crippen LogP contribution in [0.3, 0.4) is 0 Å². The molecule has 0 N–H and O–H groups in total. The van der Waals surface area contributed by atoms with Gasteiger partial charge in [0.15, 0.2) is 0 Å². The van der Waals surface area contributed by atoms with E-state index in [0.29, 0.717) is 0 Å². The van der Waals surface area contributed by atoms with Crippen LogP contribution in [0.15, 0.2) is 170 Å². The average molecular weight is 585 g/mol. The summed E-state index contributed by atoms with van der Waals surface area (Å²) in [5.41, 5.74) is 12.3. The van der Waals surface area contributed by atoms with Gasteiger partial charge in [-0.15, -0.1) is 0 Å². The zero-order chi connectivity index (χ0) is 30.5. The molecule has 0 aliphatic rings. The lowest BCUT2D eigenvalue weighted by molar-refractivity contribution is 1.41. The third kappa shape index (κ3) is 4.35. The molecule has 0 aliphatic heterocycles. The third-order valence-corrected chi connectivity index (χ3v) is 9.05. The summed E-state index contributed by atoms with van der Waals surface area (Å²) in [5.74, 6) is 0.